The summed E-state index contributed by atoms with van der Waals surface area (Å²) in [5.41, 5.74) is 2.92. The molecular weight excluding hydrogens is 540 g/mol. The van der Waals surface area contributed by atoms with Crippen molar-refractivity contribution in [1.82, 2.24) is 10.2 Å². The molecule has 0 aliphatic rings. The Kier molecular flexibility index (Phi) is 9.57. The zero-order chi connectivity index (χ0) is 26.3. The maximum Gasteiger partial charge on any atom is 0.261 e. The number of amides is 2. The van der Waals surface area contributed by atoms with E-state index in [1.54, 1.807) is 24.1 Å². The standard InChI is InChI=1S/C29H32BrClN2O3/c1-29(2,3)22-13-14-26(24(30)17-22)36-19-27(34)33(18-21-11-8-12-23(31)15-21)25(28(35)32-4)16-20-9-6-5-7-10-20/h5-15,17,25H,16,18-19H2,1-4H3,(H,32,35)/t25-/m0/s1. The fraction of sp³-hybridized carbons (Fsp3) is 0.310. The molecule has 0 fully saturated rings. The molecule has 0 aromatic heterocycles. The topological polar surface area (TPSA) is 58.6 Å². The van der Waals surface area contributed by atoms with Gasteiger partial charge in [-0.05, 0) is 62.3 Å². The first-order chi connectivity index (χ1) is 17.1. The van der Waals surface area contributed by atoms with E-state index >= 15 is 0 Å². The molecule has 3 aromatic rings. The molecule has 3 aromatic carbocycles. The van der Waals surface area contributed by atoms with E-state index in [2.05, 4.69) is 42.0 Å². The van der Waals surface area contributed by atoms with Crippen LogP contribution in [0.5, 0.6) is 5.75 Å². The third-order valence-electron chi connectivity index (χ3n) is 5.91. The Morgan fingerprint density at radius 3 is 2.31 bits per heavy atom. The van der Waals surface area contributed by atoms with Gasteiger partial charge in [0.2, 0.25) is 5.91 Å². The predicted octanol–water partition coefficient (Wildman–Crippen LogP) is 6.16. The van der Waals surface area contributed by atoms with Gasteiger partial charge in [-0.25, -0.2) is 0 Å². The van der Waals surface area contributed by atoms with Crippen molar-refractivity contribution in [3.63, 3.8) is 0 Å². The van der Waals surface area contributed by atoms with Crippen LogP contribution in [0.15, 0.2) is 77.3 Å². The van der Waals surface area contributed by atoms with E-state index in [9.17, 15) is 9.59 Å². The van der Waals surface area contributed by atoms with E-state index in [-0.39, 0.29) is 30.4 Å². The molecule has 0 aliphatic carbocycles. The van der Waals surface area contributed by atoms with E-state index in [1.807, 2.05) is 60.7 Å². The summed E-state index contributed by atoms with van der Waals surface area (Å²) in [5.74, 6) is 0.0230. The van der Waals surface area contributed by atoms with Gasteiger partial charge in [-0.15, -0.1) is 0 Å². The van der Waals surface area contributed by atoms with Crippen molar-refractivity contribution in [2.45, 2.75) is 45.2 Å². The minimum absolute atomic E-state index is 0.0111. The van der Waals surface area contributed by atoms with Gasteiger partial charge in [0, 0.05) is 25.0 Å². The maximum absolute atomic E-state index is 13.6. The molecular formula is C29H32BrClN2O3. The lowest BCUT2D eigenvalue weighted by Gasteiger charge is -2.31. The normalized spacial score (nSPS) is 12.1. The molecule has 0 unspecified atom stereocenters. The van der Waals surface area contributed by atoms with Gasteiger partial charge in [0.15, 0.2) is 6.61 Å². The fourth-order valence-corrected chi connectivity index (χ4v) is 4.57. The van der Waals surface area contributed by atoms with E-state index < -0.39 is 6.04 Å². The smallest absolute Gasteiger partial charge is 0.261 e. The number of likely N-dealkylation sites (N-methyl/N-ethyl adjacent to an activating group) is 1. The molecule has 3 rings (SSSR count). The molecule has 2 amide bonds. The molecule has 0 saturated carbocycles. The minimum atomic E-state index is -0.723. The summed E-state index contributed by atoms with van der Waals surface area (Å²) < 4.78 is 6.70. The Morgan fingerprint density at radius 2 is 1.69 bits per heavy atom. The molecule has 0 bridgehead atoms. The summed E-state index contributed by atoms with van der Waals surface area (Å²) in [6.45, 7) is 6.42. The average molecular weight is 572 g/mol. The van der Waals surface area contributed by atoms with Crippen LogP contribution < -0.4 is 10.1 Å². The minimum Gasteiger partial charge on any atom is -0.483 e. The fourth-order valence-electron chi connectivity index (χ4n) is 3.86. The highest BCUT2D eigenvalue weighted by molar-refractivity contribution is 9.10. The number of rotatable bonds is 9. The summed E-state index contributed by atoms with van der Waals surface area (Å²) in [6.07, 6.45) is 0.372. The number of hydrogen-bond acceptors (Lipinski definition) is 3. The van der Waals surface area contributed by atoms with Crippen LogP contribution in [-0.2, 0) is 28.0 Å². The predicted molar refractivity (Wildman–Crippen MR) is 148 cm³/mol. The molecule has 190 valence electrons. The number of nitrogens with zero attached hydrogens (tertiary/aromatic N) is 1. The molecule has 1 N–H and O–H groups in total. The third kappa shape index (κ3) is 7.58. The van der Waals surface area contributed by atoms with Crippen molar-refractivity contribution < 1.29 is 14.3 Å². The summed E-state index contributed by atoms with van der Waals surface area (Å²) in [6, 6.07) is 22.1. The second kappa shape index (κ2) is 12.4. The highest BCUT2D eigenvalue weighted by Gasteiger charge is 2.30. The molecule has 0 saturated heterocycles. The van der Waals surface area contributed by atoms with Crippen LogP contribution in [0.4, 0.5) is 0 Å². The van der Waals surface area contributed by atoms with Crippen LogP contribution in [0.3, 0.4) is 0 Å². The Morgan fingerprint density at radius 1 is 1.00 bits per heavy atom. The van der Waals surface area contributed by atoms with Crippen LogP contribution in [0.1, 0.15) is 37.5 Å². The molecule has 0 spiro atoms. The Bertz CT molecular complexity index is 1190. The molecule has 0 heterocycles. The number of carbonyl (C=O) groups excluding carboxylic acids is 2. The number of benzene rings is 3. The van der Waals surface area contributed by atoms with E-state index in [1.165, 1.54) is 0 Å². The average Bonchev–Trinajstić information content (AvgIpc) is 2.84. The van der Waals surface area contributed by atoms with Gasteiger partial charge in [-0.1, -0.05) is 80.9 Å². The number of ether oxygens (including phenoxy) is 1. The van der Waals surface area contributed by atoms with Gasteiger partial charge in [0.1, 0.15) is 11.8 Å². The Labute approximate surface area is 226 Å². The van der Waals surface area contributed by atoms with Crippen molar-refractivity contribution in [2.24, 2.45) is 0 Å². The van der Waals surface area contributed by atoms with Crippen LogP contribution in [-0.4, -0.2) is 36.4 Å². The Balaban J connectivity index is 1.87. The first-order valence-corrected chi connectivity index (χ1v) is 13.0. The van der Waals surface area contributed by atoms with Crippen LogP contribution in [0.2, 0.25) is 5.02 Å². The lowest BCUT2D eigenvalue weighted by molar-refractivity contribution is -0.142. The first kappa shape index (κ1) is 27.8. The molecule has 36 heavy (non-hydrogen) atoms. The zero-order valence-corrected chi connectivity index (χ0v) is 23.4. The van der Waals surface area contributed by atoms with Crippen molar-refractivity contribution in [3.8, 4) is 5.75 Å². The third-order valence-corrected chi connectivity index (χ3v) is 6.76. The molecule has 0 radical (unpaired) electrons. The zero-order valence-electron chi connectivity index (χ0n) is 21.1. The van der Waals surface area contributed by atoms with Crippen LogP contribution >= 0.6 is 27.5 Å². The van der Waals surface area contributed by atoms with Crippen molar-refractivity contribution in [1.29, 1.82) is 0 Å². The quantitative estimate of drug-likeness (QED) is 0.334. The highest BCUT2D eigenvalue weighted by Crippen LogP contribution is 2.31. The number of halogens is 2. The van der Waals surface area contributed by atoms with E-state index in [0.717, 1.165) is 21.2 Å². The van der Waals surface area contributed by atoms with Crippen molar-refractivity contribution in [3.05, 3.63) is 99.0 Å². The molecule has 7 heteroatoms. The van der Waals surface area contributed by atoms with Gasteiger partial charge in [-0.2, -0.15) is 0 Å². The van der Waals surface area contributed by atoms with Crippen molar-refractivity contribution >= 4 is 39.3 Å². The lowest BCUT2D eigenvalue weighted by atomic mass is 9.87. The monoisotopic (exact) mass is 570 g/mol. The van der Waals surface area contributed by atoms with Crippen molar-refractivity contribution in [2.75, 3.05) is 13.7 Å². The van der Waals surface area contributed by atoms with E-state index in [4.69, 9.17) is 16.3 Å². The maximum atomic E-state index is 13.6. The highest BCUT2D eigenvalue weighted by atomic mass is 79.9. The summed E-state index contributed by atoms with van der Waals surface area (Å²) in [7, 11) is 1.58. The van der Waals surface area contributed by atoms with Gasteiger partial charge in [0.05, 0.1) is 4.47 Å². The summed E-state index contributed by atoms with van der Waals surface area (Å²) >= 11 is 9.77. The van der Waals surface area contributed by atoms with Gasteiger partial charge >= 0.3 is 0 Å². The summed E-state index contributed by atoms with van der Waals surface area (Å²) in [5, 5.41) is 3.28. The molecule has 5 nitrogen and oxygen atoms in total. The molecule has 0 aliphatic heterocycles. The van der Waals surface area contributed by atoms with Crippen LogP contribution in [0, 0.1) is 0 Å². The van der Waals surface area contributed by atoms with E-state index in [0.29, 0.717) is 17.2 Å². The SMILES string of the molecule is CNC(=O)[C@H](Cc1ccccc1)N(Cc1cccc(Cl)c1)C(=O)COc1ccc(C(C)(C)C)cc1Br. The second-order valence-corrected chi connectivity index (χ2v) is 10.9. The first-order valence-electron chi connectivity index (χ1n) is 11.8. The number of nitrogens with one attached hydrogen (secondary N) is 1. The molecule has 1 atom stereocenters. The largest absolute Gasteiger partial charge is 0.483 e. The van der Waals surface area contributed by atoms with Gasteiger partial charge in [-0.3, -0.25) is 9.59 Å². The second-order valence-electron chi connectivity index (χ2n) is 9.66. The Hall–Kier alpha value is -2.83. The lowest BCUT2D eigenvalue weighted by Crippen LogP contribution is -2.51. The van der Waals surface area contributed by atoms with Crippen LogP contribution in [0.25, 0.3) is 0 Å². The number of hydrogen-bond donors (Lipinski definition) is 1. The van der Waals surface area contributed by atoms with Gasteiger partial charge in [0.25, 0.3) is 5.91 Å². The van der Waals surface area contributed by atoms with Gasteiger partial charge < -0.3 is 15.0 Å². The summed E-state index contributed by atoms with van der Waals surface area (Å²) in [4.78, 5) is 28.1. The number of carbonyl (C=O) groups is 2.